The molecule has 0 spiro atoms. The topological polar surface area (TPSA) is 118 Å². The van der Waals surface area contributed by atoms with Crippen LogP contribution >= 0.6 is 22.6 Å². The van der Waals surface area contributed by atoms with Crippen molar-refractivity contribution < 1.29 is 26.7 Å². The van der Waals surface area contributed by atoms with Crippen molar-refractivity contribution in [2.24, 2.45) is 0 Å². The summed E-state index contributed by atoms with van der Waals surface area (Å²) in [5.41, 5.74) is -0.128. The van der Waals surface area contributed by atoms with E-state index in [4.69, 9.17) is 5.11 Å². The van der Waals surface area contributed by atoms with Crippen molar-refractivity contribution in [2.75, 3.05) is 18.6 Å². The van der Waals surface area contributed by atoms with Gasteiger partial charge >= 0.3 is 5.97 Å². The molecule has 0 heterocycles. The average Bonchev–Trinajstić information content (AvgIpc) is 2.26. The largest absolute Gasteiger partial charge is 0.478 e. The first-order valence-electron chi connectivity index (χ1n) is 5.23. The van der Waals surface area contributed by atoms with Gasteiger partial charge in [-0.15, -0.1) is 0 Å². The molecule has 0 saturated heterocycles. The third-order valence-electron chi connectivity index (χ3n) is 2.24. The normalized spacial score (nSPS) is 12.3. The Kier molecular flexibility index (Phi) is 5.52. The molecule has 0 aliphatic carbocycles. The Hall–Kier alpha value is -0.720. The summed E-state index contributed by atoms with van der Waals surface area (Å²) in [6.45, 7) is -0.268. The first-order chi connectivity index (χ1) is 9.03. The molecular weight excluding hydrogens is 421 g/mol. The summed E-state index contributed by atoms with van der Waals surface area (Å²) in [7, 11) is -7.22. The Labute approximate surface area is 130 Å². The van der Waals surface area contributed by atoms with Gasteiger partial charge in [-0.3, -0.25) is 0 Å². The van der Waals surface area contributed by atoms with Crippen molar-refractivity contribution in [3.8, 4) is 0 Å². The Morgan fingerprint density at radius 2 is 1.90 bits per heavy atom. The van der Waals surface area contributed by atoms with Crippen LogP contribution in [-0.4, -0.2) is 46.5 Å². The summed E-state index contributed by atoms with van der Waals surface area (Å²) in [5, 5.41) is 8.94. The molecule has 0 aromatic heterocycles. The summed E-state index contributed by atoms with van der Waals surface area (Å²) < 4.78 is 48.2. The van der Waals surface area contributed by atoms with Gasteiger partial charge in [0, 0.05) is 16.4 Å². The van der Waals surface area contributed by atoms with Crippen LogP contribution in [0.15, 0.2) is 23.1 Å². The Bertz CT molecular complexity index is 726. The van der Waals surface area contributed by atoms with Crippen molar-refractivity contribution in [3.63, 3.8) is 0 Å². The second-order valence-electron chi connectivity index (χ2n) is 3.97. The number of carboxylic acid groups (broad SMARTS) is 1. The molecule has 0 bridgehead atoms. The number of rotatable bonds is 6. The molecule has 112 valence electrons. The number of sulfone groups is 1. The number of benzene rings is 1. The van der Waals surface area contributed by atoms with E-state index in [1.165, 1.54) is 12.1 Å². The van der Waals surface area contributed by atoms with E-state index in [0.29, 0.717) is 3.57 Å². The summed E-state index contributed by atoms with van der Waals surface area (Å²) >= 11 is 1.78. The molecule has 0 atom stereocenters. The molecule has 1 aromatic carbocycles. The number of aromatic carboxylic acids is 1. The predicted molar refractivity (Wildman–Crippen MR) is 81.0 cm³/mol. The molecule has 0 fully saturated rings. The van der Waals surface area contributed by atoms with Crippen molar-refractivity contribution in [2.45, 2.75) is 4.90 Å². The maximum absolute atomic E-state index is 11.9. The van der Waals surface area contributed by atoms with Gasteiger partial charge in [0.2, 0.25) is 10.0 Å². The minimum atomic E-state index is -3.94. The van der Waals surface area contributed by atoms with E-state index in [1.54, 1.807) is 22.6 Å². The van der Waals surface area contributed by atoms with Gasteiger partial charge in [-0.25, -0.2) is 26.4 Å². The van der Waals surface area contributed by atoms with Crippen LogP contribution in [-0.2, 0) is 19.9 Å². The number of hydrogen-bond acceptors (Lipinski definition) is 5. The lowest BCUT2D eigenvalue weighted by atomic mass is 10.2. The zero-order chi connectivity index (χ0) is 15.6. The summed E-state index contributed by atoms with van der Waals surface area (Å²) in [6, 6.07) is 3.67. The number of nitrogens with one attached hydrogen (secondary N) is 1. The molecule has 0 saturated carbocycles. The van der Waals surface area contributed by atoms with Crippen LogP contribution in [0.2, 0.25) is 0 Å². The lowest BCUT2D eigenvalue weighted by Gasteiger charge is -2.08. The minimum absolute atomic E-state index is 0.128. The smallest absolute Gasteiger partial charge is 0.336 e. The monoisotopic (exact) mass is 433 g/mol. The molecule has 10 heteroatoms. The van der Waals surface area contributed by atoms with Crippen molar-refractivity contribution >= 4 is 48.4 Å². The van der Waals surface area contributed by atoms with Gasteiger partial charge in [0.05, 0.1) is 16.2 Å². The maximum atomic E-state index is 11.9. The van der Waals surface area contributed by atoms with Crippen molar-refractivity contribution in [1.29, 1.82) is 0 Å². The second kappa shape index (κ2) is 6.37. The van der Waals surface area contributed by atoms with E-state index in [2.05, 4.69) is 4.72 Å². The van der Waals surface area contributed by atoms with Gasteiger partial charge in [0.25, 0.3) is 0 Å². The van der Waals surface area contributed by atoms with Crippen molar-refractivity contribution in [1.82, 2.24) is 4.72 Å². The SMILES string of the molecule is CS(=O)(=O)CCNS(=O)(=O)c1ccc(I)c(C(=O)O)c1. The highest BCUT2D eigenvalue weighted by Gasteiger charge is 2.18. The van der Waals surface area contributed by atoms with Crippen LogP contribution in [0.25, 0.3) is 0 Å². The summed E-state index contributed by atoms with van der Waals surface area (Å²) in [5.74, 6) is -1.56. The molecule has 20 heavy (non-hydrogen) atoms. The van der Waals surface area contributed by atoms with Crippen molar-refractivity contribution in [3.05, 3.63) is 27.3 Å². The van der Waals surface area contributed by atoms with E-state index in [0.717, 1.165) is 12.3 Å². The first kappa shape index (κ1) is 17.3. The number of carbonyl (C=O) groups is 1. The molecule has 0 aliphatic heterocycles. The Morgan fingerprint density at radius 1 is 1.30 bits per heavy atom. The molecule has 1 aromatic rings. The van der Waals surface area contributed by atoms with Gasteiger partial charge < -0.3 is 5.11 Å². The Balaban J connectivity index is 2.99. The predicted octanol–water partition coefficient (Wildman–Crippen LogP) is 0.312. The summed E-state index contributed by atoms with van der Waals surface area (Å²) in [6.07, 6.45) is 0.995. The van der Waals surface area contributed by atoms with Gasteiger partial charge in [-0.05, 0) is 40.8 Å². The highest BCUT2D eigenvalue weighted by molar-refractivity contribution is 14.1. The molecule has 0 radical (unpaired) electrons. The molecule has 1 rings (SSSR count). The fraction of sp³-hybridized carbons (Fsp3) is 0.300. The van der Waals surface area contributed by atoms with Crippen LogP contribution < -0.4 is 4.72 Å². The van der Waals surface area contributed by atoms with Gasteiger partial charge in [0.15, 0.2) is 0 Å². The van der Waals surface area contributed by atoms with E-state index in [1.807, 2.05) is 0 Å². The highest BCUT2D eigenvalue weighted by atomic mass is 127. The second-order valence-corrected chi connectivity index (χ2v) is 9.16. The molecule has 0 unspecified atom stereocenters. The standard InChI is InChI=1S/C10H12INO6S2/c1-19(15,16)5-4-12-20(17,18)7-2-3-9(11)8(6-7)10(13)14/h2-3,6,12H,4-5H2,1H3,(H,13,14). The van der Waals surface area contributed by atoms with E-state index in [-0.39, 0.29) is 22.8 Å². The molecule has 0 amide bonds. The third-order valence-corrected chi connectivity index (χ3v) is 5.59. The van der Waals surface area contributed by atoms with Crippen LogP contribution in [0.3, 0.4) is 0 Å². The van der Waals surface area contributed by atoms with Gasteiger partial charge in [-0.2, -0.15) is 0 Å². The molecule has 2 N–H and O–H groups in total. The Morgan fingerprint density at radius 3 is 2.40 bits per heavy atom. The minimum Gasteiger partial charge on any atom is -0.478 e. The summed E-state index contributed by atoms with van der Waals surface area (Å²) in [4.78, 5) is 10.7. The molecule has 7 nitrogen and oxygen atoms in total. The maximum Gasteiger partial charge on any atom is 0.336 e. The van der Waals surface area contributed by atoms with E-state index in [9.17, 15) is 21.6 Å². The van der Waals surface area contributed by atoms with Crippen LogP contribution in [0.4, 0.5) is 0 Å². The number of sulfonamides is 1. The number of carboxylic acids is 1. The zero-order valence-electron chi connectivity index (χ0n) is 10.3. The van der Waals surface area contributed by atoms with Gasteiger partial charge in [0.1, 0.15) is 9.84 Å². The number of hydrogen-bond donors (Lipinski definition) is 2. The van der Waals surface area contributed by atoms with Crippen LogP contribution in [0.5, 0.6) is 0 Å². The van der Waals surface area contributed by atoms with E-state index < -0.39 is 25.8 Å². The van der Waals surface area contributed by atoms with Gasteiger partial charge in [-0.1, -0.05) is 0 Å². The molecule has 0 aliphatic rings. The quantitative estimate of drug-likeness (QED) is 0.624. The fourth-order valence-electron chi connectivity index (χ4n) is 1.28. The lowest BCUT2D eigenvalue weighted by molar-refractivity contribution is 0.0695. The highest BCUT2D eigenvalue weighted by Crippen LogP contribution is 2.17. The lowest BCUT2D eigenvalue weighted by Crippen LogP contribution is -2.29. The van der Waals surface area contributed by atoms with Crippen LogP contribution in [0, 0.1) is 3.57 Å². The van der Waals surface area contributed by atoms with Crippen LogP contribution in [0.1, 0.15) is 10.4 Å². The van der Waals surface area contributed by atoms with E-state index >= 15 is 0 Å². The fourth-order valence-corrected chi connectivity index (χ4v) is 3.51. The molecular formula is C10H12INO6S2. The zero-order valence-corrected chi connectivity index (χ0v) is 14.1. The first-order valence-corrected chi connectivity index (χ1v) is 9.85. The number of halogens is 1. The average molecular weight is 433 g/mol. The third kappa shape index (κ3) is 5.00.